The lowest BCUT2D eigenvalue weighted by Gasteiger charge is -2.30. The average Bonchev–Trinajstić information content (AvgIpc) is 1.99. The smallest absolute Gasteiger partial charge is 0.303 e. The van der Waals surface area contributed by atoms with Crippen LogP contribution < -0.4 is 0 Å². The summed E-state index contributed by atoms with van der Waals surface area (Å²) in [4.78, 5) is 23.6. The van der Waals surface area contributed by atoms with E-state index in [4.69, 9.17) is 5.11 Å². The molecule has 0 atom stereocenters. The van der Waals surface area contributed by atoms with Crippen LogP contribution in [0.25, 0.3) is 0 Å². The van der Waals surface area contributed by atoms with Crippen LogP contribution in [0.15, 0.2) is 0 Å². The Kier molecular flexibility index (Phi) is 5.20. The largest absolute Gasteiger partial charge is 0.481 e. The number of rotatable bonds is 5. The lowest BCUT2D eigenvalue weighted by molar-refractivity contribution is -0.142. The second kappa shape index (κ2) is 5.62. The first-order valence-corrected chi connectivity index (χ1v) is 4.89. The predicted molar refractivity (Wildman–Crippen MR) is 54.0 cm³/mol. The Balaban J connectivity index is 4.23. The Morgan fingerprint density at radius 2 is 1.50 bits per heavy atom. The molecule has 82 valence electrons. The van der Waals surface area contributed by atoms with Crippen molar-refractivity contribution in [1.29, 1.82) is 0 Å². The molecule has 1 N–H and O–H groups in total. The molecule has 0 rings (SSSR count). The molecule has 4 nitrogen and oxygen atoms in total. The number of carboxylic acids is 1. The van der Waals surface area contributed by atoms with Crippen LogP contribution in [-0.2, 0) is 9.59 Å². The van der Waals surface area contributed by atoms with Crippen molar-refractivity contribution in [3.8, 4) is 0 Å². The molecule has 0 aromatic heterocycles. The van der Waals surface area contributed by atoms with E-state index in [2.05, 4.69) is 0 Å². The number of nitrogens with zero attached hydrogens (tertiary/aromatic N) is 1. The highest BCUT2D eigenvalue weighted by molar-refractivity contribution is 5.81. The van der Waals surface area contributed by atoms with Gasteiger partial charge in [0.05, 0.1) is 6.42 Å². The molecule has 0 saturated heterocycles. The Hall–Kier alpha value is -1.06. The summed E-state index contributed by atoms with van der Waals surface area (Å²) < 4.78 is 0. The molecule has 0 heterocycles. The summed E-state index contributed by atoms with van der Waals surface area (Å²) in [6.07, 6.45) is 0.000463. The van der Waals surface area contributed by atoms with Crippen molar-refractivity contribution >= 4 is 11.9 Å². The van der Waals surface area contributed by atoms with E-state index in [1.165, 1.54) is 0 Å². The maximum Gasteiger partial charge on any atom is 0.303 e. The first-order valence-electron chi connectivity index (χ1n) is 4.89. The molecule has 0 bridgehead atoms. The number of carbonyl (C=O) groups is 2. The first kappa shape index (κ1) is 12.9. The minimum Gasteiger partial charge on any atom is -0.481 e. The summed E-state index contributed by atoms with van der Waals surface area (Å²) >= 11 is 0. The molecule has 4 heteroatoms. The zero-order chi connectivity index (χ0) is 11.3. The fraction of sp³-hybridized carbons (Fsp3) is 0.800. The fourth-order valence-corrected chi connectivity index (χ4v) is 1.52. The van der Waals surface area contributed by atoms with Crippen molar-refractivity contribution in [2.45, 2.75) is 52.6 Å². The van der Waals surface area contributed by atoms with E-state index in [1.54, 1.807) is 4.90 Å². The van der Waals surface area contributed by atoms with Gasteiger partial charge in [0.1, 0.15) is 0 Å². The normalized spacial score (nSPS) is 10.7. The van der Waals surface area contributed by atoms with E-state index in [-0.39, 0.29) is 30.8 Å². The molecule has 0 fully saturated rings. The molecule has 0 radical (unpaired) electrons. The molecular weight excluding hydrogens is 182 g/mol. The Morgan fingerprint density at radius 1 is 1.07 bits per heavy atom. The maximum absolute atomic E-state index is 11.6. The van der Waals surface area contributed by atoms with Gasteiger partial charge >= 0.3 is 5.97 Å². The van der Waals surface area contributed by atoms with Gasteiger partial charge in [0.2, 0.25) is 5.91 Å². The zero-order valence-electron chi connectivity index (χ0n) is 9.28. The summed E-state index contributed by atoms with van der Waals surface area (Å²) in [6.45, 7) is 7.72. The standard InChI is InChI=1S/C10H19NO3/c1-7(2)11(8(3)4)9(12)5-6-10(13)14/h7-8H,5-6H2,1-4H3,(H,13,14). The summed E-state index contributed by atoms with van der Waals surface area (Å²) in [5.41, 5.74) is 0. The highest BCUT2D eigenvalue weighted by Crippen LogP contribution is 2.08. The van der Waals surface area contributed by atoms with E-state index >= 15 is 0 Å². The summed E-state index contributed by atoms with van der Waals surface area (Å²) in [5, 5.41) is 8.45. The van der Waals surface area contributed by atoms with Crippen molar-refractivity contribution in [1.82, 2.24) is 4.90 Å². The number of hydrogen-bond donors (Lipinski definition) is 1. The highest BCUT2D eigenvalue weighted by atomic mass is 16.4. The third-order valence-corrected chi connectivity index (χ3v) is 1.95. The topological polar surface area (TPSA) is 57.6 Å². The molecule has 0 aromatic carbocycles. The molecule has 0 aliphatic rings. The van der Waals surface area contributed by atoms with E-state index in [0.29, 0.717) is 0 Å². The van der Waals surface area contributed by atoms with Crippen LogP contribution in [0.1, 0.15) is 40.5 Å². The van der Waals surface area contributed by atoms with Gasteiger partial charge in [-0.15, -0.1) is 0 Å². The quantitative estimate of drug-likeness (QED) is 0.733. The van der Waals surface area contributed by atoms with Crippen LogP contribution >= 0.6 is 0 Å². The minimum atomic E-state index is -0.925. The van der Waals surface area contributed by atoms with Gasteiger partial charge in [-0.3, -0.25) is 9.59 Å². The Bertz CT molecular complexity index is 203. The van der Waals surface area contributed by atoms with Gasteiger partial charge < -0.3 is 10.0 Å². The van der Waals surface area contributed by atoms with Crippen LogP contribution in [0.5, 0.6) is 0 Å². The summed E-state index contributed by atoms with van der Waals surface area (Å²) in [7, 11) is 0. The van der Waals surface area contributed by atoms with Gasteiger partial charge in [0.25, 0.3) is 0 Å². The molecular formula is C10H19NO3. The molecule has 0 spiro atoms. The highest BCUT2D eigenvalue weighted by Gasteiger charge is 2.20. The number of carbonyl (C=O) groups excluding carboxylic acids is 1. The molecule has 0 saturated carbocycles. The molecule has 0 aliphatic carbocycles. The number of hydrogen-bond acceptors (Lipinski definition) is 2. The van der Waals surface area contributed by atoms with Gasteiger partial charge in [-0.1, -0.05) is 0 Å². The van der Waals surface area contributed by atoms with Gasteiger partial charge in [-0.2, -0.15) is 0 Å². The third kappa shape index (κ3) is 4.25. The monoisotopic (exact) mass is 201 g/mol. The summed E-state index contributed by atoms with van der Waals surface area (Å²) in [5.74, 6) is -1.01. The SMILES string of the molecule is CC(C)N(C(=O)CCC(=O)O)C(C)C. The van der Waals surface area contributed by atoms with Crippen molar-refractivity contribution in [3.05, 3.63) is 0 Å². The lowest BCUT2D eigenvalue weighted by Crippen LogP contribution is -2.42. The van der Waals surface area contributed by atoms with E-state index in [1.807, 2.05) is 27.7 Å². The maximum atomic E-state index is 11.6. The third-order valence-electron chi connectivity index (χ3n) is 1.95. The minimum absolute atomic E-state index is 0.0857. The van der Waals surface area contributed by atoms with Crippen molar-refractivity contribution < 1.29 is 14.7 Å². The number of amides is 1. The number of carboxylic acid groups (broad SMARTS) is 1. The molecule has 14 heavy (non-hydrogen) atoms. The lowest BCUT2D eigenvalue weighted by atomic mass is 10.2. The van der Waals surface area contributed by atoms with Crippen molar-refractivity contribution in [2.75, 3.05) is 0 Å². The molecule has 0 aliphatic heterocycles. The van der Waals surface area contributed by atoms with Crippen LogP contribution in [0.2, 0.25) is 0 Å². The molecule has 0 unspecified atom stereocenters. The Morgan fingerprint density at radius 3 is 1.79 bits per heavy atom. The Labute approximate surface area is 84.9 Å². The fourth-order valence-electron chi connectivity index (χ4n) is 1.52. The van der Waals surface area contributed by atoms with E-state index in [9.17, 15) is 9.59 Å². The van der Waals surface area contributed by atoms with Crippen molar-refractivity contribution in [3.63, 3.8) is 0 Å². The average molecular weight is 201 g/mol. The molecule has 1 amide bonds. The van der Waals surface area contributed by atoms with Crippen LogP contribution in [0, 0.1) is 0 Å². The predicted octanol–water partition coefficient (Wildman–Crippen LogP) is 1.50. The second-order valence-corrected chi connectivity index (χ2v) is 3.88. The van der Waals surface area contributed by atoms with Crippen LogP contribution in [0.4, 0.5) is 0 Å². The second-order valence-electron chi connectivity index (χ2n) is 3.88. The van der Waals surface area contributed by atoms with Crippen LogP contribution in [0.3, 0.4) is 0 Å². The summed E-state index contributed by atoms with van der Waals surface area (Å²) in [6, 6.07) is 0.243. The van der Waals surface area contributed by atoms with Crippen LogP contribution in [-0.4, -0.2) is 34.0 Å². The van der Waals surface area contributed by atoms with E-state index < -0.39 is 5.97 Å². The van der Waals surface area contributed by atoms with E-state index in [0.717, 1.165) is 0 Å². The van der Waals surface area contributed by atoms with Crippen molar-refractivity contribution in [2.24, 2.45) is 0 Å². The van der Waals surface area contributed by atoms with Gasteiger partial charge in [0, 0.05) is 18.5 Å². The van der Waals surface area contributed by atoms with Gasteiger partial charge in [-0.05, 0) is 27.7 Å². The van der Waals surface area contributed by atoms with Gasteiger partial charge in [-0.25, -0.2) is 0 Å². The first-order chi connectivity index (χ1) is 6.36. The number of aliphatic carboxylic acids is 1. The molecule has 0 aromatic rings. The van der Waals surface area contributed by atoms with Gasteiger partial charge in [0.15, 0.2) is 0 Å². The zero-order valence-corrected chi connectivity index (χ0v) is 9.28.